The van der Waals surface area contributed by atoms with Crippen molar-refractivity contribution in [1.82, 2.24) is 10.9 Å². The van der Waals surface area contributed by atoms with Gasteiger partial charge in [-0.15, -0.1) is 0 Å². The van der Waals surface area contributed by atoms with Gasteiger partial charge in [-0.1, -0.05) is 18.2 Å². The van der Waals surface area contributed by atoms with Crippen LogP contribution in [0.3, 0.4) is 0 Å². The van der Waals surface area contributed by atoms with Crippen LogP contribution >= 0.6 is 0 Å². The van der Waals surface area contributed by atoms with Gasteiger partial charge in [0.1, 0.15) is 11.5 Å². The number of hydrogen-bond donors (Lipinski definition) is 2. The smallest absolute Gasteiger partial charge is 0.273 e. The first-order chi connectivity index (χ1) is 10.6. The van der Waals surface area contributed by atoms with Crippen LogP contribution in [-0.4, -0.2) is 18.9 Å². The summed E-state index contributed by atoms with van der Waals surface area (Å²) in [5.74, 6) is 0.242. The predicted molar refractivity (Wildman–Crippen MR) is 81.1 cm³/mol. The van der Waals surface area contributed by atoms with Gasteiger partial charge in [-0.25, -0.2) is 0 Å². The lowest BCUT2D eigenvalue weighted by Gasteiger charge is -2.05. The Bertz CT molecular complexity index is 704. The minimum Gasteiger partial charge on any atom is -0.496 e. The van der Waals surface area contributed by atoms with Crippen molar-refractivity contribution in [2.24, 2.45) is 0 Å². The second kappa shape index (κ2) is 7.12. The van der Waals surface area contributed by atoms with E-state index in [1.807, 2.05) is 18.2 Å². The van der Waals surface area contributed by atoms with Gasteiger partial charge in [-0.05, 0) is 25.1 Å². The second-order valence-electron chi connectivity index (χ2n) is 4.41. The number of rotatable bonds is 4. The van der Waals surface area contributed by atoms with Crippen molar-refractivity contribution in [3.63, 3.8) is 0 Å². The van der Waals surface area contributed by atoms with Crippen LogP contribution in [0, 0.1) is 6.92 Å². The molecule has 22 heavy (non-hydrogen) atoms. The third kappa shape index (κ3) is 3.76. The van der Waals surface area contributed by atoms with Gasteiger partial charge in [0.05, 0.1) is 18.9 Å². The van der Waals surface area contributed by atoms with Gasteiger partial charge >= 0.3 is 0 Å². The molecule has 2 N–H and O–H groups in total. The predicted octanol–water partition coefficient (Wildman–Crippen LogP) is 2.07. The molecule has 0 unspecified atom stereocenters. The average molecular weight is 300 g/mol. The first-order valence-corrected chi connectivity index (χ1v) is 6.57. The van der Waals surface area contributed by atoms with Crippen LogP contribution in [0.15, 0.2) is 47.1 Å². The Morgan fingerprint density at radius 2 is 1.95 bits per heavy atom. The Morgan fingerprint density at radius 3 is 2.64 bits per heavy atom. The number of para-hydroxylation sites is 1. The van der Waals surface area contributed by atoms with E-state index >= 15 is 0 Å². The molecule has 2 aromatic rings. The number of benzene rings is 1. The van der Waals surface area contributed by atoms with Crippen molar-refractivity contribution >= 4 is 17.9 Å². The summed E-state index contributed by atoms with van der Waals surface area (Å²) in [6, 6.07) is 8.81. The molecule has 2 rings (SSSR count). The van der Waals surface area contributed by atoms with E-state index in [1.165, 1.54) is 18.4 Å². The summed E-state index contributed by atoms with van der Waals surface area (Å²) in [6.45, 7) is 1.66. The summed E-state index contributed by atoms with van der Waals surface area (Å²) in [7, 11) is 1.56. The van der Waals surface area contributed by atoms with Crippen molar-refractivity contribution < 1.29 is 18.7 Å². The topological polar surface area (TPSA) is 80.6 Å². The minimum atomic E-state index is -0.458. The van der Waals surface area contributed by atoms with Gasteiger partial charge in [-0.3, -0.25) is 20.4 Å². The van der Waals surface area contributed by atoms with Gasteiger partial charge < -0.3 is 9.15 Å². The summed E-state index contributed by atoms with van der Waals surface area (Å²) in [5, 5.41) is 0. The third-order valence-corrected chi connectivity index (χ3v) is 2.96. The largest absolute Gasteiger partial charge is 0.496 e. The van der Waals surface area contributed by atoms with Crippen LogP contribution in [0.25, 0.3) is 6.08 Å². The van der Waals surface area contributed by atoms with Gasteiger partial charge in [0.25, 0.3) is 11.8 Å². The molecule has 6 heteroatoms. The number of ether oxygens (including phenoxy) is 1. The zero-order valence-electron chi connectivity index (χ0n) is 12.3. The summed E-state index contributed by atoms with van der Waals surface area (Å²) in [4.78, 5) is 23.5. The standard InChI is InChI=1S/C16H16N2O4/c1-11-13(9-10-22-11)16(20)18-17-15(19)8-7-12-5-3-4-6-14(12)21-2/h3-10H,1-2H3,(H,17,19)(H,18,20)/b8-7+. The zero-order chi connectivity index (χ0) is 15.9. The van der Waals surface area contributed by atoms with Gasteiger partial charge in [-0.2, -0.15) is 0 Å². The number of hydrogen-bond acceptors (Lipinski definition) is 4. The summed E-state index contributed by atoms with van der Waals surface area (Å²) in [6.07, 6.45) is 4.32. The lowest BCUT2D eigenvalue weighted by Crippen LogP contribution is -2.40. The van der Waals surface area contributed by atoms with E-state index in [4.69, 9.17) is 9.15 Å². The van der Waals surface area contributed by atoms with E-state index in [-0.39, 0.29) is 0 Å². The summed E-state index contributed by atoms with van der Waals surface area (Å²) in [5.41, 5.74) is 5.74. The number of aryl methyl sites for hydroxylation is 1. The molecule has 0 aliphatic carbocycles. The molecule has 0 spiro atoms. The van der Waals surface area contributed by atoms with E-state index < -0.39 is 11.8 Å². The monoisotopic (exact) mass is 300 g/mol. The van der Waals surface area contributed by atoms with Crippen LogP contribution in [0.2, 0.25) is 0 Å². The molecule has 0 aliphatic rings. The highest BCUT2D eigenvalue weighted by molar-refractivity contribution is 5.98. The molecular weight excluding hydrogens is 284 g/mol. The van der Waals surface area contributed by atoms with Crippen LogP contribution < -0.4 is 15.6 Å². The maximum absolute atomic E-state index is 11.8. The Hall–Kier alpha value is -3.02. The van der Waals surface area contributed by atoms with Crippen molar-refractivity contribution in [1.29, 1.82) is 0 Å². The van der Waals surface area contributed by atoms with E-state index in [0.717, 1.165) is 5.56 Å². The minimum absolute atomic E-state index is 0.369. The normalized spacial score (nSPS) is 10.5. The first kappa shape index (κ1) is 15.4. The second-order valence-corrected chi connectivity index (χ2v) is 4.41. The highest BCUT2D eigenvalue weighted by Crippen LogP contribution is 2.18. The van der Waals surface area contributed by atoms with Crippen LogP contribution in [0.4, 0.5) is 0 Å². The first-order valence-electron chi connectivity index (χ1n) is 6.57. The molecule has 2 amide bonds. The molecule has 1 heterocycles. The van der Waals surface area contributed by atoms with E-state index in [1.54, 1.807) is 26.2 Å². The Balaban J connectivity index is 1.92. The molecule has 0 radical (unpaired) electrons. The molecule has 114 valence electrons. The molecule has 1 aromatic heterocycles. The third-order valence-electron chi connectivity index (χ3n) is 2.96. The molecule has 0 saturated carbocycles. The lowest BCUT2D eigenvalue weighted by atomic mass is 10.2. The Kier molecular flexibility index (Phi) is 4.98. The average Bonchev–Trinajstić information content (AvgIpc) is 2.97. The van der Waals surface area contributed by atoms with Crippen LogP contribution in [-0.2, 0) is 4.79 Å². The summed E-state index contributed by atoms with van der Waals surface area (Å²) < 4.78 is 10.2. The number of amides is 2. The fraction of sp³-hybridized carbons (Fsp3) is 0.125. The Morgan fingerprint density at radius 1 is 1.18 bits per heavy atom. The number of carbonyl (C=O) groups excluding carboxylic acids is 2. The van der Waals surface area contributed by atoms with Crippen molar-refractivity contribution in [3.8, 4) is 5.75 Å². The molecule has 6 nitrogen and oxygen atoms in total. The molecule has 0 atom stereocenters. The van der Waals surface area contributed by atoms with Crippen LogP contribution in [0.1, 0.15) is 21.7 Å². The summed E-state index contributed by atoms with van der Waals surface area (Å²) >= 11 is 0. The van der Waals surface area contributed by atoms with Crippen molar-refractivity contribution in [2.75, 3.05) is 7.11 Å². The molecule has 0 saturated heterocycles. The molecule has 0 aliphatic heterocycles. The number of furan rings is 1. The number of carbonyl (C=O) groups is 2. The van der Waals surface area contributed by atoms with Crippen molar-refractivity contribution in [3.05, 3.63) is 59.6 Å². The number of hydrazine groups is 1. The SMILES string of the molecule is COc1ccccc1/C=C/C(=O)NNC(=O)c1ccoc1C. The highest BCUT2D eigenvalue weighted by Gasteiger charge is 2.11. The highest BCUT2D eigenvalue weighted by atomic mass is 16.5. The van der Waals surface area contributed by atoms with Crippen molar-refractivity contribution in [2.45, 2.75) is 6.92 Å². The Labute approximate surface area is 127 Å². The molecular formula is C16H16N2O4. The zero-order valence-corrected chi connectivity index (χ0v) is 12.3. The van der Waals surface area contributed by atoms with Gasteiger partial charge in [0, 0.05) is 11.6 Å². The van der Waals surface area contributed by atoms with E-state index in [9.17, 15) is 9.59 Å². The molecule has 0 bridgehead atoms. The maximum atomic E-state index is 11.8. The molecule has 1 aromatic carbocycles. The fourth-order valence-corrected chi connectivity index (χ4v) is 1.82. The van der Waals surface area contributed by atoms with E-state index in [2.05, 4.69) is 10.9 Å². The van der Waals surface area contributed by atoms with E-state index in [0.29, 0.717) is 17.1 Å². The number of nitrogens with one attached hydrogen (secondary N) is 2. The quantitative estimate of drug-likeness (QED) is 0.669. The van der Waals surface area contributed by atoms with Gasteiger partial charge in [0.2, 0.25) is 0 Å². The lowest BCUT2D eigenvalue weighted by molar-refractivity contribution is -0.117. The number of methoxy groups -OCH3 is 1. The fourth-order valence-electron chi connectivity index (χ4n) is 1.82. The van der Waals surface area contributed by atoms with Gasteiger partial charge in [0.15, 0.2) is 0 Å². The molecule has 0 fully saturated rings. The maximum Gasteiger partial charge on any atom is 0.273 e. The van der Waals surface area contributed by atoms with Crippen LogP contribution in [0.5, 0.6) is 5.75 Å².